The van der Waals surface area contributed by atoms with Crippen LogP contribution in [-0.4, -0.2) is 77.9 Å². The molecule has 2 aromatic rings. The Morgan fingerprint density at radius 3 is 2.23 bits per heavy atom. The summed E-state index contributed by atoms with van der Waals surface area (Å²) in [5.41, 5.74) is 1.89. The van der Waals surface area contributed by atoms with Crippen LogP contribution in [0.1, 0.15) is 73.7 Å². The lowest BCUT2D eigenvalue weighted by molar-refractivity contribution is 0.0612. The van der Waals surface area contributed by atoms with Gasteiger partial charge >= 0.3 is 0 Å². The zero-order chi connectivity index (χ0) is 25.7. The van der Waals surface area contributed by atoms with Gasteiger partial charge in [-0.15, -0.1) is 24.8 Å². The van der Waals surface area contributed by atoms with E-state index in [1.54, 1.807) is 0 Å². The van der Waals surface area contributed by atoms with Crippen molar-refractivity contribution in [3.05, 3.63) is 69.7 Å². The van der Waals surface area contributed by atoms with E-state index in [0.29, 0.717) is 10.0 Å². The maximum absolute atomic E-state index is 13.4. The van der Waals surface area contributed by atoms with E-state index in [2.05, 4.69) is 20.8 Å². The molecule has 0 aliphatic carbocycles. The van der Waals surface area contributed by atoms with Crippen LogP contribution in [0.25, 0.3) is 0 Å². The van der Waals surface area contributed by atoms with Gasteiger partial charge in [-0.25, -0.2) is 0 Å². The van der Waals surface area contributed by atoms with Crippen LogP contribution in [0.4, 0.5) is 0 Å². The van der Waals surface area contributed by atoms with Crippen LogP contribution in [-0.2, 0) is 5.41 Å². The van der Waals surface area contributed by atoms with Gasteiger partial charge in [0.2, 0.25) is 0 Å². The largest absolute Gasteiger partial charge is 0.412 e. The number of likely N-dealkylation sites (tertiary alicyclic amines) is 3. The number of benzene rings is 2. The quantitative estimate of drug-likeness (QED) is 0.333. The molecule has 3 saturated heterocycles. The molecule has 3 aliphatic heterocycles. The van der Waals surface area contributed by atoms with Crippen molar-refractivity contribution < 1.29 is 10.3 Å². The lowest BCUT2D eigenvalue weighted by Crippen LogP contribution is -2.49. The second-order valence-electron chi connectivity index (χ2n) is 11.4. The van der Waals surface area contributed by atoms with E-state index >= 15 is 0 Å². The Morgan fingerprint density at radius 2 is 1.55 bits per heavy atom. The number of hydrogen-bond donors (Lipinski definition) is 0. The Kier molecular flexibility index (Phi) is 14.5. The first kappa shape index (κ1) is 35.1. The number of rotatable bonds is 7. The zero-order valence-electron chi connectivity index (χ0n) is 23.3. The van der Waals surface area contributed by atoms with Crippen molar-refractivity contribution in [2.45, 2.75) is 69.2 Å². The lowest BCUT2D eigenvalue weighted by Gasteiger charge is -2.44. The fraction of sp³-hybridized carbons (Fsp3) is 0.581. The molecule has 5 rings (SSSR count). The van der Waals surface area contributed by atoms with E-state index < -0.39 is 0 Å². The van der Waals surface area contributed by atoms with Crippen LogP contribution in [0, 0.1) is 0 Å². The van der Waals surface area contributed by atoms with Gasteiger partial charge in [0.25, 0.3) is 5.91 Å². The van der Waals surface area contributed by atoms with Crippen molar-refractivity contribution in [1.82, 2.24) is 14.7 Å². The Bertz CT molecular complexity index is 1050. The molecular weight excluding hydrogens is 588 g/mol. The topological polar surface area (TPSA) is 58.3 Å². The second kappa shape index (κ2) is 16.6. The molecule has 0 radical (unpaired) electrons. The average Bonchev–Trinajstić information content (AvgIpc) is 2.95. The maximum atomic E-state index is 13.4. The number of nitrogens with zero attached hydrogens (tertiary/aromatic N) is 3. The van der Waals surface area contributed by atoms with Crippen molar-refractivity contribution in [3.8, 4) is 0 Å². The van der Waals surface area contributed by atoms with Gasteiger partial charge in [-0.1, -0.05) is 53.9 Å². The fourth-order valence-corrected chi connectivity index (χ4v) is 7.21. The summed E-state index contributed by atoms with van der Waals surface area (Å²) in [7, 11) is 0. The molecule has 224 valence electrons. The summed E-state index contributed by atoms with van der Waals surface area (Å²) in [6.45, 7) is 7.68. The highest BCUT2D eigenvalue weighted by atomic mass is 35.5. The monoisotopic (exact) mass is 631 g/mol. The van der Waals surface area contributed by atoms with Crippen molar-refractivity contribution in [2.75, 3.05) is 45.8 Å². The minimum Gasteiger partial charge on any atom is -0.412 e. The summed E-state index contributed by atoms with van der Waals surface area (Å²) in [6, 6.07) is 16.6. The molecule has 1 amide bonds. The molecule has 0 spiro atoms. The Labute approximate surface area is 262 Å². The van der Waals surface area contributed by atoms with Gasteiger partial charge in [0.05, 0.1) is 10.0 Å². The number of piperidine rings is 3. The number of carbonyl (C=O) groups is 1. The van der Waals surface area contributed by atoms with Gasteiger partial charge in [0, 0.05) is 30.1 Å². The molecule has 3 fully saturated rings. The first-order chi connectivity index (χ1) is 18.0. The average molecular weight is 634 g/mol. The molecule has 9 heteroatoms. The smallest absolute Gasteiger partial charge is 0.253 e. The molecular formula is C31H45Cl4N3O2. The van der Waals surface area contributed by atoms with Crippen LogP contribution >= 0.6 is 48.0 Å². The minimum absolute atomic E-state index is 0. The first-order valence-corrected chi connectivity index (χ1v) is 15.1. The fourth-order valence-electron chi connectivity index (χ4n) is 6.91. The molecule has 3 aliphatic rings. The van der Waals surface area contributed by atoms with E-state index in [-0.39, 0.29) is 41.6 Å². The summed E-state index contributed by atoms with van der Waals surface area (Å²) in [5, 5.41) is 1.19. The standard InChI is InChI=1S/C31H41Cl2N3O.2ClH.H2O/c32-28-12-11-26(23-29(28)33)31(16-8-20-36(24-31)30(37)25-9-3-1-4-10-25)15-7-17-34-21-13-27(14-22-34)35-18-5-2-6-19-35;;;/h1,3-4,9-12,23,27H,2,5-8,13-22,24H2;2*1H;1H2. The molecule has 2 N–H and O–H groups in total. The van der Waals surface area contributed by atoms with Gasteiger partial charge in [0.15, 0.2) is 0 Å². The van der Waals surface area contributed by atoms with Gasteiger partial charge in [0.1, 0.15) is 0 Å². The van der Waals surface area contributed by atoms with Crippen molar-refractivity contribution in [2.24, 2.45) is 0 Å². The predicted octanol–water partition coefficient (Wildman–Crippen LogP) is 6.92. The highest BCUT2D eigenvalue weighted by molar-refractivity contribution is 6.42. The van der Waals surface area contributed by atoms with E-state index in [1.807, 2.05) is 42.5 Å². The zero-order valence-corrected chi connectivity index (χ0v) is 26.5. The third-order valence-electron chi connectivity index (χ3n) is 9.01. The van der Waals surface area contributed by atoms with Crippen molar-refractivity contribution in [3.63, 3.8) is 0 Å². The second-order valence-corrected chi connectivity index (χ2v) is 12.2. The molecule has 40 heavy (non-hydrogen) atoms. The van der Waals surface area contributed by atoms with E-state index in [9.17, 15) is 4.79 Å². The molecule has 2 aromatic carbocycles. The Hall–Kier alpha value is -1.05. The maximum Gasteiger partial charge on any atom is 0.253 e. The van der Waals surface area contributed by atoms with Crippen molar-refractivity contribution in [1.29, 1.82) is 0 Å². The normalized spacial score (nSPS) is 22.5. The third kappa shape index (κ3) is 8.50. The highest BCUT2D eigenvalue weighted by Crippen LogP contribution is 2.41. The van der Waals surface area contributed by atoms with Crippen LogP contribution in [0.15, 0.2) is 48.5 Å². The van der Waals surface area contributed by atoms with Gasteiger partial charge in [-0.3, -0.25) is 4.79 Å². The SMILES string of the molecule is Cl.Cl.O.O=C(c1ccccc1)N1CCCC(CCCN2CCC(N3CCCCC3)CC2)(c2ccc(Cl)c(Cl)c2)C1. The molecule has 0 aromatic heterocycles. The van der Waals surface area contributed by atoms with Crippen molar-refractivity contribution >= 4 is 53.9 Å². The summed E-state index contributed by atoms with van der Waals surface area (Å²) >= 11 is 12.8. The molecule has 5 nitrogen and oxygen atoms in total. The van der Waals surface area contributed by atoms with E-state index in [4.69, 9.17) is 23.2 Å². The Morgan fingerprint density at radius 1 is 0.850 bits per heavy atom. The molecule has 1 unspecified atom stereocenters. The number of halogens is 4. The summed E-state index contributed by atoms with van der Waals surface area (Å²) in [4.78, 5) is 20.9. The van der Waals surface area contributed by atoms with Crippen LogP contribution in [0.2, 0.25) is 10.0 Å². The molecule has 1 atom stereocenters. The summed E-state index contributed by atoms with van der Waals surface area (Å²) in [5.74, 6) is 0.129. The minimum atomic E-state index is -0.0942. The van der Waals surface area contributed by atoms with Gasteiger partial charge in [-0.05, 0) is 114 Å². The highest BCUT2D eigenvalue weighted by Gasteiger charge is 2.39. The van der Waals surface area contributed by atoms with Gasteiger partial charge < -0.3 is 20.2 Å². The lowest BCUT2D eigenvalue weighted by atomic mass is 9.71. The number of hydrogen-bond acceptors (Lipinski definition) is 3. The van der Waals surface area contributed by atoms with Gasteiger partial charge in [-0.2, -0.15) is 0 Å². The summed E-state index contributed by atoms with van der Waals surface area (Å²) in [6.07, 6.45) is 11.0. The Balaban J connectivity index is 0.00000187. The molecule has 0 bridgehead atoms. The van der Waals surface area contributed by atoms with Crippen LogP contribution in [0.5, 0.6) is 0 Å². The summed E-state index contributed by atoms with van der Waals surface area (Å²) < 4.78 is 0. The molecule has 0 saturated carbocycles. The predicted molar refractivity (Wildman–Crippen MR) is 172 cm³/mol. The number of carbonyl (C=O) groups excluding carboxylic acids is 1. The van der Waals surface area contributed by atoms with E-state index in [1.165, 1.54) is 63.8 Å². The first-order valence-electron chi connectivity index (χ1n) is 14.3. The number of amides is 1. The van der Waals surface area contributed by atoms with E-state index in [0.717, 1.165) is 56.9 Å². The molecule has 3 heterocycles. The third-order valence-corrected chi connectivity index (χ3v) is 9.75. The van der Waals surface area contributed by atoms with Crippen LogP contribution in [0.3, 0.4) is 0 Å². The van der Waals surface area contributed by atoms with Crippen LogP contribution < -0.4 is 0 Å².